The van der Waals surface area contributed by atoms with E-state index in [0.717, 1.165) is 0 Å². The Balaban J connectivity index is 1.96. The third-order valence-electron chi connectivity index (χ3n) is 2.41. The minimum atomic E-state index is -1.00. The van der Waals surface area contributed by atoms with Gasteiger partial charge in [-0.1, -0.05) is 18.2 Å². The molecule has 6 heteroatoms. The summed E-state index contributed by atoms with van der Waals surface area (Å²) in [4.78, 5) is 27.3. The quantitative estimate of drug-likeness (QED) is 0.826. The van der Waals surface area contributed by atoms with Crippen LogP contribution in [0.25, 0.3) is 0 Å². The highest BCUT2D eigenvalue weighted by Crippen LogP contribution is 2.22. The van der Waals surface area contributed by atoms with E-state index < -0.39 is 5.97 Å². The van der Waals surface area contributed by atoms with Crippen molar-refractivity contribution in [2.75, 3.05) is 11.1 Å². The molecule has 1 amide bonds. The number of carbonyl (C=O) groups is 2. The van der Waals surface area contributed by atoms with Crippen molar-refractivity contribution in [2.45, 2.75) is 4.90 Å². The molecule has 0 saturated carbocycles. The zero-order valence-corrected chi connectivity index (χ0v) is 11.3. The summed E-state index contributed by atoms with van der Waals surface area (Å²) < 4.78 is 0. The Bertz CT molecular complexity index is 617. The van der Waals surface area contributed by atoms with Gasteiger partial charge >= 0.3 is 5.97 Å². The van der Waals surface area contributed by atoms with E-state index in [-0.39, 0.29) is 17.2 Å². The molecule has 0 fully saturated rings. The van der Waals surface area contributed by atoms with Gasteiger partial charge < -0.3 is 10.4 Å². The lowest BCUT2D eigenvalue weighted by molar-refractivity contribution is -0.113. The molecule has 2 N–H and O–H groups in total. The maximum absolute atomic E-state index is 11.7. The lowest BCUT2D eigenvalue weighted by Gasteiger charge is -2.06. The van der Waals surface area contributed by atoms with Crippen LogP contribution >= 0.6 is 11.8 Å². The molecule has 1 aromatic heterocycles. The Hall–Kier alpha value is -2.34. The lowest BCUT2D eigenvalue weighted by Crippen LogP contribution is -2.15. The van der Waals surface area contributed by atoms with Gasteiger partial charge in [-0.15, -0.1) is 11.8 Å². The van der Waals surface area contributed by atoms with Crippen LogP contribution in [-0.4, -0.2) is 27.7 Å². The number of nitrogens with one attached hydrogen (secondary N) is 1. The fraction of sp³-hybridized carbons (Fsp3) is 0.0714. The molecule has 20 heavy (non-hydrogen) atoms. The number of benzene rings is 1. The maximum atomic E-state index is 11.7. The van der Waals surface area contributed by atoms with Crippen LogP contribution < -0.4 is 5.32 Å². The first-order valence-corrected chi connectivity index (χ1v) is 6.81. The van der Waals surface area contributed by atoms with E-state index in [4.69, 9.17) is 5.11 Å². The van der Waals surface area contributed by atoms with Gasteiger partial charge in [0.2, 0.25) is 5.91 Å². The predicted octanol–water partition coefficient (Wildman–Crippen LogP) is 2.51. The number of hydrogen-bond donors (Lipinski definition) is 2. The number of carboxylic acid groups (broad SMARTS) is 1. The largest absolute Gasteiger partial charge is 0.478 e. The molecule has 1 aromatic carbocycles. The number of aromatic carboxylic acids is 1. The van der Waals surface area contributed by atoms with Gasteiger partial charge in [-0.05, 0) is 24.3 Å². The molecule has 0 aliphatic rings. The zero-order chi connectivity index (χ0) is 14.4. The number of carbonyl (C=O) groups excluding carboxylic acids is 1. The predicted molar refractivity (Wildman–Crippen MR) is 77.0 cm³/mol. The minimum absolute atomic E-state index is 0.126. The topological polar surface area (TPSA) is 79.3 Å². The van der Waals surface area contributed by atoms with Gasteiger partial charge in [-0.25, -0.2) is 9.78 Å². The lowest BCUT2D eigenvalue weighted by atomic mass is 10.2. The highest BCUT2D eigenvalue weighted by atomic mass is 32.2. The second-order valence-electron chi connectivity index (χ2n) is 3.85. The molecule has 1 heterocycles. The van der Waals surface area contributed by atoms with Crippen molar-refractivity contribution >= 4 is 29.5 Å². The number of rotatable bonds is 5. The molecule has 5 nitrogen and oxygen atoms in total. The standard InChI is InChI=1S/C14H12N2O3S/c17-13(16-12-7-3-4-8-15-12)9-20-11-6-2-1-5-10(11)14(18)19/h1-8H,9H2,(H,18,19)(H,15,16,17). The fourth-order valence-corrected chi connectivity index (χ4v) is 2.37. The van der Waals surface area contributed by atoms with E-state index in [2.05, 4.69) is 10.3 Å². The molecule has 0 atom stereocenters. The van der Waals surface area contributed by atoms with Crippen molar-refractivity contribution in [2.24, 2.45) is 0 Å². The first kappa shape index (κ1) is 14.1. The van der Waals surface area contributed by atoms with Crippen LogP contribution in [-0.2, 0) is 4.79 Å². The number of aromatic nitrogens is 1. The molecular weight excluding hydrogens is 276 g/mol. The molecule has 0 spiro atoms. The van der Waals surface area contributed by atoms with Crippen molar-refractivity contribution in [1.82, 2.24) is 4.98 Å². The van der Waals surface area contributed by atoms with Gasteiger partial charge in [-0.2, -0.15) is 0 Å². The summed E-state index contributed by atoms with van der Waals surface area (Å²) in [6.07, 6.45) is 1.59. The van der Waals surface area contributed by atoms with Gasteiger partial charge in [0.25, 0.3) is 0 Å². The summed E-state index contributed by atoms with van der Waals surface area (Å²) in [6, 6.07) is 11.8. The van der Waals surface area contributed by atoms with Crippen molar-refractivity contribution in [1.29, 1.82) is 0 Å². The number of carboxylic acids is 1. The monoisotopic (exact) mass is 288 g/mol. The molecule has 2 rings (SSSR count). The number of thioether (sulfide) groups is 1. The number of pyridine rings is 1. The van der Waals surface area contributed by atoms with E-state index in [9.17, 15) is 9.59 Å². The Labute approximate surface area is 120 Å². The van der Waals surface area contributed by atoms with Crippen LogP contribution in [0.15, 0.2) is 53.6 Å². The molecule has 102 valence electrons. The molecule has 0 saturated heterocycles. The van der Waals surface area contributed by atoms with E-state index in [1.54, 1.807) is 42.6 Å². The van der Waals surface area contributed by atoms with Crippen LogP contribution in [0, 0.1) is 0 Å². The second kappa shape index (κ2) is 6.72. The highest BCUT2D eigenvalue weighted by Gasteiger charge is 2.11. The molecule has 0 bridgehead atoms. The zero-order valence-electron chi connectivity index (χ0n) is 10.4. The van der Waals surface area contributed by atoms with Crippen molar-refractivity contribution in [3.63, 3.8) is 0 Å². The van der Waals surface area contributed by atoms with Crippen molar-refractivity contribution < 1.29 is 14.7 Å². The van der Waals surface area contributed by atoms with Gasteiger partial charge in [0.1, 0.15) is 5.82 Å². The summed E-state index contributed by atoms with van der Waals surface area (Å²) in [7, 11) is 0. The van der Waals surface area contributed by atoms with Gasteiger partial charge in [-0.3, -0.25) is 4.79 Å². The van der Waals surface area contributed by atoms with Crippen molar-refractivity contribution in [3.05, 3.63) is 54.2 Å². The molecule has 0 radical (unpaired) electrons. The summed E-state index contributed by atoms with van der Waals surface area (Å²) in [6.45, 7) is 0. The number of amides is 1. The Morgan fingerprint density at radius 3 is 2.60 bits per heavy atom. The average molecular weight is 288 g/mol. The van der Waals surface area contributed by atoms with E-state index in [0.29, 0.717) is 10.7 Å². The van der Waals surface area contributed by atoms with E-state index >= 15 is 0 Å². The summed E-state index contributed by atoms with van der Waals surface area (Å²) in [5.74, 6) is -0.627. The highest BCUT2D eigenvalue weighted by molar-refractivity contribution is 8.00. The molecule has 0 unspecified atom stereocenters. The summed E-state index contributed by atoms with van der Waals surface area (Å²) in [5.41, 5.74) is 0.197. The minimum Gasteiger partial charge on any atom is -0.478 e. The SMILES string of the molecule is O=C(CSc1ccccc1C(=O)O)Nc1ccccn1. The van der Waals surface area contributed by atoms with Gasteiger partial charge in [0, 0.05) is 11.1 Å². The summed E-state index contributed by atoms with van der Waals surface area (Å²) >= 11 is 1.18. The number of nitrogens with zero attached hydrogens (tertiary/aromatic N) is 1. The van der Waals surface area contributed by atoms with E-state index in [1.807, 2.05) is 0 Å². The maximum Gasteiger partial charge on any atom is 0.336 e. The summed E-state index contributed by atoms with van der Waals surface area (Å²) in [5, 5.41) is 11.7. The first-order valence-electron chi connectivity index (χ1n) is 5.83. The van der Waals surface area contributed by atoms with Crippen LogP contribution in [0.4, 0.5) is 5.82 Å². The molecule has 2 aromatic rings. The molecular formula is C14H12N2O3S. The van der Waals surface area contributed by atoms with Gasteiger partial charge in [0.15, 0.2) is 0 Å². The van der Waals surface area contributed by atoms with Gasteiger partial charge in [0.05, 0.1) is 11.3 Å². The van der Waals surface area contributed by atoms with Crippen LogP contribution in [0.1, 0.15) is 10.4 Å². The number of anilines is 1. The van der Waals surface area contributed by atoms with Crippen LogP contribution in [0.5, 0.6) is 0 Å². The molecule has 0 aliphatic heterocycles. The Morgan fingerprint density at radius 2 is 1.90 bits per heavy atom. The van der Waals surface area contributed by atoms with Crippen LogP contribution in [0.2, 0.25) is 0 Å². The molecule has 0 aliphatic carbocycles. The average Bonchev–Trinajstić information content (AvgIpc) is 2.46. The van der Waals surface area contributed by atoms with Crippen LogP contribution in [0.3, 0.4) is 0 Å². The van der Waals surface area contributed by atoms with Crippen molar-refractivity contribution in [3.8, 4) is 0 Å². The Kier molecular flexibility index (Phi) is 4.73. The third kappa shape index (κ3) is 3.83. The number of hydrogen-bond acceptors (Lipinski definition) is 4. The fourth-order valence-electron chi connectivity index (χ4n) is 1.53. The van der Waals surface area contributed by atoms with E-state index in [1.165, 1.54) is 17.8 Å². The Morgan fingerprint density at radius 1 is 1.15 bits per heavy atom. The normalized spacial score (nSPS) is 10.0. The first-order chi connectivity index (χ1) is 9.66. The smallest absolute Gasteiger partial charge is 0.336 e. The third-order valence-corrected chi connectivity index (χ3v) is 3.48. The second-order valence-corrected chi connectivity index (χ2v) is 4.87.